The molecule has 5 heteroatoms. The lowest BCUT2D eigenvalue weighted by Crippen LogP contribution is -2.37. The average Bonchev–Trinajstić information content (AvgIpc) is 3.32. The average molecular weight is 378 g/mol. The predicted octanol–water partition coefficient (Wildman–Crippen LogP) is 5.24. The molecule has 138 valence electrons. The quantitative estimate of drug-likeness (QED) is 0.683. The van der Waals surface area contributed by atoms with Crippen LogP contribution in [-0.4, -0.2) is 29.1 Å². The van der Waals surface area contributed by atoms with Crippen molar-refractivity contribution < 1.29 is 9.53 Å². The summed E-state index contributed by atoms with van der Waals surface area (Å²) in [5.41, 5.74) is 1.86. The van der Waals surface area contributed by atoms with E-state index in [4.69, 9.17) is 9.73 Å². The molecule has 4 nitrogen and oxygen atoms in total. The first kappa shape index (κ1) is 17.9. The molecule has 0 unspecified atom stereocenters. The molecule has 0 aromatic heterocycles. The number of methoxy groups -OCH3 is 1. The van der Waals surface area contributed by atoms with Crippen molar-refractivity contribution in [2.45, 2.75) is 31.7 Å². The number of amides is 1. The van der Waals surface area contributed by atoms with E-state index in [0.717, 1.165) is 39.9 Å². The number of thioether (sulfide) groups is 1. The van der Waals surface area contributed by atoms with Crippen molar-refractivity contribution in [3.63, 3.8) is 0 Å². The Hall–Kier alpha value is -2.53. The highest BCUT2D eigenvalue weighted by atomic mass is 32.2. The zero-order valence-electron chi connectivity index (χ0n) is 15.3. The molecule has 2 aromatic rings. The number of rotatable bonds is 4. The van der Waals surface area contributed by atoms with E-state index in [1.54, 1.807) is 7.11 Å². The molecule has 1 aliphatic carbocycles. The normalized spacial score (nSPS) is 20.8. The zero-order chi connectivity index (χ0) is 18.6. The minimum Gasteiger partial charge on any atom is -0.497 e. The number of amidine groups is 1. The van der Waals surface area contributed by atoms with Gasteiger partial charge in [0.05, 0.1) is 17.7 Å². The number of hydrogen-bond acceptors (Lipinski definition) is 4. The van der Waals surface area contributed by atoms with Crippen molar-refractivity contribution in [2.75, 3.05) is 7.11 Å². The monoisotopic (exact) mass is 378 g/mol. The molecule has 2 aromatic carbocycles. The lowest BCUT2D eigenvalue weighted by atomic mass is 10.2. The van der Waals surface area contributed by atoms with Crippen molar-refractivity contribution in [3.05, 3.63) is 65.1 Å². The van der Waals surface area contributed by atoms with Crippen LogP contribution in [0.4, 0.5) is 5.69 Å². The highest BCUT2D eigenvalue weighted by molar-refractivity contribution is 8.18. The largest absolute Gasteiger partial charge is 0.497 e. The number of benzene rings is 2. The van der Waals surface area contributed by atoms with Gasteiger partial charge in [-0.05, 0) is 60.5 Å². The molecule has 4 rings (SSSR count). The molecule has 0 atom stereocenters. The summed E-state index contributed by atoms with van der Waals surface area (Å²) in [6.45, 7) is 0. The van der Waals surface area contributed by atoms with Crippen LogP contribution >= 0.6 is 11.8 Å². The fraction of sp³-hybridized carbons (Fsp3) is 0.273. The number of carbonyl (C=O) groups is 1. The van der Waals surface area contributed by atoms with Crippen LogP contribution in [0.5, 0.6) is 5.75 Å². The molecule has 1 saturated carbocycles. The zero-order valence-corrected chi connectivity index (χ0v) is 16.1. The number of ether oxygens (including phenoxy) is 1. The van der Waals surface area contributed by atoms with Gasteiger partial charge in [-0.15, -0.1) is 0 Å². The Morgan fingerprint density at radius 3 is 2.44 bits per heavy atom. The number of nitrogens with zero attached hydrogens (tertiary/aromatic N) is 2. The second kappa shape index (κ2) is 8.01. The Labute approximate surface area is 163 Å². The van der Waals surface area contributed by atoms with Crippen LogP contribution in [0, 0.1) is 0 Å². The molecule has 0 bridgehead atoms. The van der Waals surface area contributed by atoms with Crippen LogP contribution in [0.3, 0.4) is 0 Å². The maximum atomic E-state index is 13.2. The smallest absolute Gasteiger partial charge is 0.267 e. The van der Waals surface area contributed by atoms with Crippen LogP contribution in [0.2, 0.25) is 0 Å². The first-order valence-electron chi connectivity index (χ1n) is 9.25. The topological polar surface area (TPSA) is 41.9 Å². The molecule has 0 spiro atoms. The molecule has 0 radical (unpaired) electrons. The summed E-state index contributed by atoms with van der Waals surface area (Å²) in [6.07, 6.45) is 6.40. The van der Waals surface area contributed by atoms with Crippen molar-refractivity contribution in [1.82, 2.24) is 4.90 Å². The molecule has 1 aliphatic heterocycles. The van der Waals surface area contributed by atoms with Gasteiger partial charge in [0.25, 0.3) is 5.91 Å². The molecule has 1 saturated heterocycles. The van der Waals surface area contributed by atoms with E-state index in [2.05, 4.69) is 0 Å². The minimum absolute atomic E-state index is 0.0670. The van der Waals surface area contributed by atoms with Crippen LogP contribution < -0.4 is 4.74 Å². The van der Waals surface area contributed by atoms with Gasteiger partial charge in [-0.3, -0.25) is 9.69 Å². The molecule has 27 heavy (non-hydrogen) atoms. The molecular formula is C22H22N2O2S. The van der Waals surface area contributed by atoms with Crippen molar-refractivity contribution in [3.8, 4) is 5.75 Å². The molecule has 2 fully saturated rings. The maximum Gasteiger partial charge on any atom is 0.267 e. The van der Waals surface area contributed by atoms with Gasteiger partial charge in [0, 0.05) is 6.04 Å². The van der Waals surface area contributed by atoms with Crippen LogP contribution in [-0.2, 0) is 4.79 Å². The summed E-state index contributed by atoms with van der Waals surface area (Å²) < 4.78 is 5.21. The summed E-state index contributed by atoms with van der Waals surface area (Å²) >= 11 is 1.47. The van der Waals surface area contributed by atoms with Crippen molar-refractivity contribution >= 4 is 34.6 Å². The van der Waals surface area contributed by atoms with Crippen molar-refractivity contribution in [2.24, 2.45) is 4.99 Å². The highest BCUT2D eigenvalue weighted by Crippen LogP contribution is 2.39. The van der Waals surface area contributed by atoms with E-state index < -0.39 is 0 Å². The fourth-order valence-corrected chi connectivity index (χ4v) is 4.57. The number of aliphatic imine (C=N–C) groups is 1. The second-order valence-electron chi connectivity index (χ2n) is 6.73. The highest BCUT2D eigenvalue weighted by Gasteiger charge is 2.39. The summed E-state index contributed by atoms with van der Waals surface area (Å²) in [7, 11) is 1.65. The van der Waals surface area contributed by atoms with Gasteiger partial charge in [-0.2, -0.15) is 0 Å². The lowest BCUT2D eigenvalue weighted by molar-refractivity contribution is -0.123. The maximum absolute atomic E-state index is 13.2. The van der Waals surface area contributed by atoms with E-state index in [1.165, 1.54) is 24.6 Å². The third kappa shape index (κ3) is 3.93. The van der Waals surface area contributed by atoms with Gasteiger partial charge >= 0.3 is 0 Å². The Bertz CT molecular complexity index is 869. The van der Waals surface area contributed by atoms with Gasteiger partial charge in [-0.25, -0.2) is 4.99 Å². The Kier molecular flexibility index (Phi) is 5.30. The van der Waals surface area contributed by atoms with Gasteiger partial charge in [0.15, 0.2) is 5.17 Å². The minimum atomic E-state index is 0.0670. The van der Waals surface area contributed by atoms with Gasteiger partial charge < -0.3 is 4.74 Å². The molecule has 1 heterocycles. The molecule has 1 amide bonds. The van der Waals surface area contributed by atoms with Gasteiger partial charge in [0.1, 0.15) is 5.75 Å². The molecule has 2 aliphatic rings. The standard InChI is InChI=1S/C22H22N2O2S/c1-26-19-13-11-16(12-14-19)15-20-21(25)24(18-9-5-6-10-18)22(27-20)23-17-7-3-2-4-8-17/h2-4,7-8,11-15,18H,5-6,9-10H2,1H3/b20-15+,23-22?. The van der Waals surface area contributed by atoms with Gasteiger partial charge in [0.2, 0.25) is 0 Å². The summed E-state index contributed by atoms with van der Waals surface area (Å²) in [5, 5.41) is 0.790. The number of para-hydroxylation sites is 1. The Morgan fingerprint density at radius 2 is 1.78 bits per heavy atom. The van der Waals surface area contributed by atoms with E-state index >= 15 is 0 Å². The third-order valence-electron chi connectivity index (χ3n) is 4.92. The lowest BCUT2D eigenvalue weighted by Gasteiger charge is -2.22. The Balaban J connectivity index is 1.66. The first-order valence-corrected chi connectivity index (χ1v) is 10.1. The van der Waals surface area contributed by atoms with Crippen LogP contribution in [0.15, 0.2) is 64.5 Å². The second-order valence-corrected chi connectivity index (χ2v) is 7.74. The summed E-state index contributed by atoms with van der Waals surface area (Å²) in [4.78, 5) is 20.6. The molecular weight excluding hydrogens is 356 g/mol. The third-order valence-corrected chi connectivity index (χ3v) is 5.90. The summed E-state index contributed by atoms with van der Waals surface area (Å²) in [6, 6.07) is 17.8. The van der Waals surface area contributed by atoms with Crippen molar-refractivity contribution in [1.29, 1.82) is 0 Å². The van der Waals surface area contributed by atoms with Gasteiger partial charge in [-0.1, -0.05) is 43.2 Å². The van der Waals surface area contributed by atoms with E-state index in [9.17, 15) is 4.79 Å². The predicted molar refractivity (Wildman–Crippen MR) is 111 cm³/mol. The van der Waals surface area contributed by atoms with E-state index in [-0.39, 0.29) is 11.9 Å². The Morgan fingerprint density at radius 1 is 1.07 bits per heavy atom. The number of hydrogen-bond donors (Lipinski definition) is 0. The number of carbonyl (C=O) groups excluding carboxylic acids is 1. The molecule has 0 N–H and O–H groups in total. The first-order chi connectivity index (χ1) is 13.2. The van der Waals surface area contributed by atoms with E-state index in [0.29, 0.717) is 0 Å². The van der Waals surface area contributed by atoms with Crippen LogP contribution in [0.1, 0.15) is 31.2 Å². The summed E-state index contributed by atoms with van der Waals surface area (Å²) in [5.74, 6) is 0.874. The van der Waals surface area contributed by atoms with Crippen LogP contribution in [0.25, 0.3) is 6.08 Å². The van der Waals surface area contributed by atoms with E-state index in [1.807, 2.05) is 65.6 Å². The fourth-order valence-electron chi connectivity index (χ4n) is 3.51. The SMILES string of the molecule is COc1ccc(/C=C2/SC(=Nc3ccccc3)N(C3CCCC3)C2=O)cc1.